The van der Waals surface area contributed by atoms with Crippen LogP contribution >= 0.6 is 11.3 Å². The second-order valence-electron chi connectivity index (χ2n) is 5.07. The number of carbonyl (C=O) groups excluding carboxylic acids is 1. The van der Waals surface area contributed by atoms with Crippen LogP contribution in [0.5, 0.6) is 0 Å². The molecule has 0 atom stereocenters. The van der Waals surface area contributed by atoms with Crippen LogP contribution in [0.2, 0.25) is 0 Å². The highest BCUT2D eigenvalue weighted by molar-refractivity contribution is 7.15. The van der Waals surface area contributed by atoms with Gasteiger partial charge in [0.05, 0.1) is 20.3 Å². The van der Waals surface area contributed by atoms with E-state index in [4.69, 9.17) is 9.47 Å². The van der Waals surface area contributed by atoms with Crippen molar-refractivity contribution < 1.29 is 19.0 Å². The maximum atomic E-state index is 11.1. The van der Waals surface area contributed by atoms with Crippen molar-refractivity contribution in [1.29, 1.82) is 0 Å². The summed E-state index contributed by atoms with van der Waals surface area (Å²) in [5.41, 5.74) is 0. The van der Waals surface area contributed by atoms with E-state index in [1.165, 1.54) is 23.3 Å². The van der Waals surface area contributed by atoms with Crippen molar-refractivity contribution >= 4 is 22.6 Å². The predicted octanol–water partition coefficient (Wildman–Crippen LogP) is 2.72. The molecule has 6 nitrogen and oxygen atoms in total. The van der Waals surface area contributed by atoms with Gasteiger partial charge in [0.25, 0.3) is 0 Å². The second kappa shape index (κ2) is 5.67. The van der Waals surface area contributed by atoms with Crippen LogP contribution in [0.25, 0.3) is 0 Å². The van der Waals surface area contributed by atoms with E-state index in [0.717, 1.165) is 25.7 Å². The Balaban J connectivity index is 1.59. The lowest BCUT2D eigenvalue weighted by atomic mass is 9.84. The van der Waals surface area contributed by atoms with E-state index in [-0.39, 0.29) is 5.79 Å². The van der Waals surface area contributed by atoms with Crippen LogP contribution in [0, 0.1) is 0 Å². The van der Waals surface area contributed by atoms with Crippen molar-refractivity contribution in [2.75, 3.05) is 25.6 Å². The fraction of sp³-hybridized carbons (Fsp3) is 0.692. The zero-order valence-electron chi connectivity index (χ0n) is 11.4. The van der Waals surface area contributed by atoms with E-state index in [1.807, 2.05) is 6.20 Å². The number of hydrogen-bond donors (Lipinski definition) is 1. The van der Waals surface area contributed by atoms with Gasteiger partial charge in [0.1, 0.15) is 0 Å². The highest BCUT2D eigenvalue weighted by Gasteiger charge is 2.40. The molecule has 2 aliphatic rings. The van der Waals surface area contributed by atoms with Crippen LogP contribution in [0.3, 0.4) is 0 Å². The minimum Gasteiger partial charge on any atom is -0.453 e. The van der Waals surface area contributed by atoms with Gasteiger partial charge in [-0.25, -0.2) is 9.78 Å². The molecule has 1 saturated heterocycles. The van der Waals surface area contributed by atoms with Gasteiger partial charge in [0.15, 0.2) is 10.9 Å². The summed E-state index contributed by atoms with van der Waals surface area (Å²) in [4.78, 5) is 16.5. The quantitative estimate of drug-likeness (QED) is 0.909. The van der Waals surface area contributed by atoms with Gasteiger partial charge in [-0.2, -0.15) is 0 Å². The van der Waals surface area contributed by atoms with E-state index < -0.39 is 6.09 Å². The number of hydrogen-bond acceptors (Lipinski definition) is 6. The van der Waals surface area contributed by atoms with Crippen LogP contribution < -0.4 is 5.32 Å². The van der Waals surface area contributed by atoms with Crippen LogP contribution in [-0.2, 0) is 14.2 Å². The monoisotopic (exact) mass is 298 g/mol. The summed E-state index contributed by atoms with van der Waals surface area (Å²) < 4.78 is 16.0. The maximum absolute atomic E-state index is 11.1. The van der Waals surface area contributed by atoms with Gasteiger partial charge in [-0.15, -0.1) is 11.3 Å². The first kappa shape index (κ1) is 13.8. The summed E-state index contributed by atoms with van der Waals surface area (Å²) in [6, 6.07) is 0. The third-order valence-corrected chi connectivity index (χ3v) is 4.96. The zero-order valence-corrected chi connectivity index (χ0v) is 12.2. The summed E-state index contributed by atoms with van der Waals surface area (Å²) in [5.74, 6) is 0.146. The summed E-state index contributed by atoms with van der Waals surface area (Å²) in [7, 11) is 1.34. The van der Waals surface area contributed by atoms with Crippen LogP contribution in [0.15, 0.2) is 6.20 Å². The maximum Gasteiger partial charge on any atom is 0.413 e. The van der Waals surface area contributed by atoms with Gasteiger partial charge in [-0.05, 0) is 18.8 Å². The Kier molecular flexibility index (Phi) is 3.91. The minimum absolute atomic E-state index is 0.325. The zero-order chi connectivity index (χ0) is 14.0. The average molecular weight is 298 g/mol. The fourth-order valence-corrected chi connectivity index (χ4v) is 3.77. The number of methoxy groups -OCH3 is 1. The fourth-order valence-electron chi connectivity index (χ4n) is 2.80. The summed E-state index contributed by atoms with van der Waals surface area (Å²) in [5, 5.41) is 3.18. The molecule has 0 bridgehead atoms. The summed E-state index contributed by atoms with van der Waals surface area (Å²) in [6.45, 7) is 1.41. The number of thiazole rings is 1. The highest BCUT2D eigenvalue weighted by atomic mass is 32.1. The van der Waals surface area contributed by atoms with E-state index >= 15 is 0 Å². The molecular formula is C13H18N2O4S. The Morgan fingerprint density at radius 2 is 2.15 bits per heavy atom. The molecule has 0 unspecified atom stereocenters. The third kappa shape index (κ3) is 2.79. The van der Waals surface area contributed by atoms with Crippen molar-refractivity contribution in [3.8, 4) is 0 Å². The van der Waals surface area contributed by atoms with Gasteiger partial charge < -0.3 is 14.2 Å². The molecular weight excluding hydrogens is 280 g/mol. The number of anilines is 1. The van der Waals surface area contributed by atoms with Gasteiger partial charge in [0.2, 0.25) is 0 Å². The van der Waals surface area contributed by atoms with Gasteiger partial charge in [-0.1, -0.05) is 0 Å². The van der Waals surface area contributed by atoms with Crippen molar-refractivity contribution in [3.05, 3.63) is 11.1 Å². The topological polar surface area (TPSA) is 69.7 Å². The minimum atomic E-state index is -0.485. The molecule has 1 aromatic rings. The molecule has 0 aromatic carbocycles. The molecule has 0 radical (unpaired) electrons. The number of nitrogens with zero attached hydrogens (tertiary/aromatic N) is 1. The van der Waals surface area contributed by atoms with Gasteiger partial charge >= 0.3 is 6.09 Å². The van der Waals surface area contributed by atoms with Crippen molar-refractivity contribution in [1.82, 2.24) is 4.98 Å². The molecule has 1 aliphatic heterocycles. The first-order chi connectivity index (χ1) is 9.71. The molecule has 1 saturated carbocycles. The summed E-state index contributed by atoms with van der Waals surface area (Å²) >= 11 is 1.51. The number of amides is 1. The number of rotatable bonds is 2. The smallest absolute Gasteiger partial charge is 0.413 e. The standard InChI is InChI=1S/C13H18N2O4S/c1-17-12(16)15-11-14-8-10(20-11)9-2-4-13(5-3-9)18-6-7-19-13/h8-9H,2-7H2,1H3,(H,14,15,16). The van der Waals surface area contributed by atoms with E-state index in [2.05, 4.69) is 15.0 Å². The largest absolute Gasteiger partial charge is 0.453 e. The third-order valence-electron chi connectivity index (χ3n) is 3.88. The number of ether oxygens (including phenoxy) is 3. The highest BCUT2D eigenvalue weighted by Crippen LogP contribution is 2.43. The molecule has 110 valence electrons. The normalized spacial score (nSPS) is 22.1. The second-order valence-corrected chi connectivity index (χ2v) is 6.13. The molecule has 1 aromatic heterocycles. The van der Waals surface area contributed by atoms with Crippen molar-refractivity contribution in [2.24, 2.45) is 0 Å². The van der Waals surface area contributed by atoms with E-state index in [0.29, 0.717) is 24.3 Å². The first-order valence-electron chi connectivity index (χ1n) is 6.79. The lowest BCUT2D eigenvalue weighted by molar-refractivity contribution is -0.178. The Bertz CT molecular complexity index is 474. The molecule has 1 amide bonds. The lowest BCUT2D eigenvalue weighted by Gasteiger charge is -2.34. The molecule has 2 fully saturated rings. The van der Waals surface area contributed by atoms with Crippen molar-refractivity contribution in [3.63, 3.8) is 0 Å². The SMILES string of the molecule is COC(=O)Nc1ncc(C2CCC3(CC2)OCCO3)s1. The Morgan fingerprint density at radius 1 is 1.45 bits per heavy atom. The Morgan fingerprint density at radius 3 is 2.80 bits per heavy atom. The average Bonchev–Trinajstić information content (AvgIpc) is 3.10. The molecule has 1 aliphatic carbocycles. The molecule has 3 rings (SSSR count). The molecule has 2 heterocycles. The van der Waals surface area contributed by atoms with Crippen molar-refractivity contribution in [2.45, 2.75) is 37.4 Å². The van der Waals surface area contributed by atoms with Crippen LogP contribution in [0.1, 0.15) is 36.5 Å². The predicted molar refractivity (Wildman–Crippen MR) is 74.0 cm³/mol. The lowest BCUT2D eigenvalue weighted by Crippen LogP contribution is -2.34. The summed E-state index contributed by atoms with van der Waals surface area (Å²) in [6.07, 6.45) is 5.26. The van der Waals surface area contributed by atoms with Gasteiger partial charge in [0, 0.05) is 23.9 Å². The molecule has 7 heteroatoms. The number of carbonyl (C=O) groups is 1. The molecule has 20 heavy (non-hydrogen) atoms. The molecule has 1 spiro atoms. The first-order valence-corrected chi connectivity index (χ1v) is 7.61. The van der Waals surface area contributed by atoms with Gasteiger partial charge in [-0.3, -0.25) is 5.32 Å². The molecule has 1 N–H and O–H groups in total. The Labute approximate surface area is 121 Å². The van der Waals surface area contributed by atoms with Crippen LogP contribution in [-0.4, -0.2) is 37.2 Å². The van der Waals surface area contributed by atoms with Crippen LogP contribution in [0.4, 0.5) is 9.93 Å². The number of nitrogens with one attached hydrogen (secondary N) is 1. The van der Waals surface area contributed by atoms with E-state index in [9.17, 15) is 4.79 Å². The Hall–Kier alpha value is -1.18. The number of aromatic nitrogens is 1. The van der Waals surface area contributed by atoms with E-state index in [1.54, 1.807) is 0 Å².